The lowest BCUT2D eigenvalue weighted by Gasteiger charge is -2.12. The van der Waals surface area contributed by atoms with Gasteiger partial charge < -0.3 is 26.2 Å². The highest BCUT2D eigenvalue weighted by Crippen LogP contribution is 2.18. The number of aliphatic carboxylic acids is 1. The van der Waals surface area contributed by atoms with Gasteiger partial charge >= 0.3 is 12.0 Å². The molecule has 7 nitrogen and oxygen atoms in total. The fraction of sp³-hybridized carbons (Fsp3) is 0.800. The van der Waals surface area contributed by atoms with E-state index in [4.69, 9.17) is 15.6 Å². The molecule has 0 aromatic rings. The highest BCUT2D eigenvalue weighted by Gasteiger charge is 2.30. The molecule has 1 aliphatic rings. The van der Waals surface area contributed by atoms with E-state index in [0.29, 0.717) is 32.5 Å². The normalized spacial score (nSPS) is 23.4. The van der Waals surface area contributed by atoms with Crippen molar-refractivity contribution in [3.63, 3.8) is 0 Å². The van der Waals surface area contributed by atoms with Crippen molar-refractivity contribution in [3.05, 3.63) is 0 Å². The molecule has 0 spiro atoms. The van der Waals surface area contributed by atoms with Gasteiger partial charge in [-0.05, 0) is 25.8 Å². The van der Waals surface area contributed by atoms with E-state index in [-0.39, 0.29) is 12.1 Å². The number of carboxylic acids is 1. The van der Waals surface area contributed by atoms with Gasteiger partial charge in [-0.2, -0.15) is 0 Å². The predicted molar refractivity (Wildman–Crippen MR) is 60.6 cm³/mol. The summed E-state index contributed by atoms with van der Waals surface area (Å²) in [4.78, 5) is 21.9. The molecule has 0 radical (unpaired) electrons. The van der Waals surface area contributed by atoms with Crippen molar-refractivity contribution in [1.82, 2.24) is 10.6 Å². The summed E-state index contributed by atoms with van der Waals surface area (Å²) in [5.41, 5.74) is 5.28. The van der Waals surface area contributed by atoms with Crippen molar-refractivity contribution in [2.24, 2.45) is 5.73 Å². The van der Waals surface area contributed by atoms with Crippen LogP contribution in [0.1, 0.15) is 19.3 Å². The Bertz CT molecular complexity index is 272. The molecule has 2 atom stereocenters. The zero-order valence-corrected chi connectivity index (χ0v) is 9.65. The van der Waals surface area contributed by atoms with E-state index in [1.807, 2.05) is 0 Å². The Kier molecular flexibility index (Phi) is 5.71. The maximum atomic E-state index is 11.3. The fourth-order valence-electron chi connectivity index (χ4n) is 1.61. The lowest BCUT2D eigenvalue weighted by atomic mass is 10.2. The molecule has 0 aliphatic carbocycles. The first-order valence-corrected chi connectivity index (χ1v) is 5.73. The van der Waals surface area contributed by atoms with Crippen LogP contribution in [-0.2, 0) is 9.53 Å². The van der Waals surface area contributed by atoms with Crippen molar-refractivity contribution in [2.45, 2.75) is 31.5 Å². The molecule has 0 aromatic carbocycles. The number of rotatable bonds is 6. The van der Waals surface area contributed by atoms with Crippen LogP contribution in [-0.4, -0.2) is 48.9 Å². The first kappa shape index (κ1) is 13.7. The molecule has 0 aromatic heterocycles. The van der Waals surface area contributed by atoms with E-state index < -0.39 is 12.1 Å². The first-order valence-electron chi connectivity index (χ1n) is 5.73. The zero-order chi connectivity index (χ0) is 12.7. The van der Waals surface area contributed by atoms with Crippen LogP contribution in [0.2, 0.25) is 0 Å². The Morgan fingerprint density at radius 1 is 1.35 bits per heavy atom. The number of hydrogen-bond acceptors (Lipinski definition) is 4. The second-order valence-electron chi connectivity index (χ2n) is 3.94. The number of carbonyl (C=O) groups excluding carboxylic acids is 1. The molecule has 7 heteroatoms. The number of nitrogens with two attached hydrogens (primary N) is 1. The lowest BCUT2D eigenvalue weighted by molar-refractivity contribution is -0.149. The summed E-state index contributed by atoms with van der Waals surface area (Å²) in [5, 5.41) is 14.0. The summed E-state index contributed by atoms with van der Waals surface area (Å²) in [7, 11) is 0. The average molecular weight is 245 g/mol. The van der Waals surface area contributed by atoms with Gasteiger partial charge in [0, 0.05) is 13.1 Å². The molecule has 2 amide bonds. The third-order valence-corrected chi connectivity index (χ3v) is 2.54. The molecule has 2 unspecified atom stereocenters. The van der Waals surface area contributed by atoms with E-state index in [1.165, 1.54) is 0 Å². The Morgan fingerprint density at radius 2 is 2.12 bits per heavy atom. The Balaban J connectivity index is 2.11. The van der Waals surface area contributed by atoms with E-state index in [1.54, 1.807) is 0 Å². The molecule has 1 saturated heterocycles. The summed E-state index contributed by atoms with van der Waals surface area (Å²) in [6.45, 7) is 1.40. The Hall–Kier alpha value is -1.34. The van der Waals surface area contributed by atoms with Crippen LogP contribution in [0, 0.1) is 0 Å². The SMILES string of the molecule is NCCCNC(=O)NCC1CCC(C(=O)O)O1. The minimum Gasteiger partial charge on any atom is -0.479 e. The molecule has 5 N–H and O–H groups in total. The summed E-state index contributed by atoms with van der Waals surface area (Å²) in [6.07, 6.45) is 0.934. The average Bonchev–Trinajstić information content (AvgIpc) is 2.75. The molecule has 1 heterocycles. The number of carboxylic acid groups (broad SMARTS) is 1. The second-order valence-corrected chi connectivity index (χ2v) is 3.94. The monoisotopic (exact) mass is 245 g/mol. The van der Waals surface area contributed by atoms with Gasteiger partial charge in [0.25, 0.3) is 0 Å². The quantitative estimate of drug-likeness (QED) is 0.460. The van der Waals surface area contributed by atoms with Gasteiger partial charge in [0.2, 0.25) is 0 Å². The molecule has 17 heavy (non-hydrogen) atoms. The van der Waals surface area contributed by atoms with Crippen LogP contribution in [0.15, 0.2) is 0 Å². The Morgan fingerprint density at radius 3 is 2.71 bits per heavy atom. The van der Waals surface area contributed by atoms with E-state index in [0.717, 1.165) is 6.42 Å². The maximum Gasteiger partial charge on any atom is 0.332 e. The molecule has 1 rings (SSSR count). The van der Waals surface area contributed by atoms with Gasteiger partial charge in [-0.15, -0.1) is 0 Å². The van der Waals surface area contributed by atoms with Crippen LogP contribution in [0.3, 0.4) is 0 Å². The van der Waals surface area contributed by atoms with Crippen molar-refractivity contribution in [3.8, 4) is 0 Å². The molecule has 0 saturated carbocycles. The van der Waals surface area contributed by atoms with Crippen molar-refractivity contribution < 1.29 is 19.4 Å². The minimum atomic E-state index is -0.945. The number of amides is 2. The topological polar surface area (TPSA) is 114 Å². The summed E-state index contributed by atoms with van der Waals surface area (Å²) in [6, 6.07) is -0.277. The number of carbonyl (C=O) groups is 2. The summed E-state index contributed by atoms with van der Waals surface area (Å²) < 4.78 is 5.24. The van der Waals surface area contributed by atoms with Crippen LogP contribution in [0.4, 0.5) is 4.79 Å². The number of ether oxygens (including phenoxy) is 1. The zero-order valence-electron chi connectivity index (χ0n) is 9.65. The van der Waals surface area contributed by atoms with Crippen LogP contribution >= 0.6 is 0 Å². The van der Waals surface area contributed by atoms with Crippen molar-refractivity contribution in [2.75, 3.05) is 19.6 Å². The highest BCUT2D eigenvalue weighted by molar-refractivity contribution is 5.74. The smallest absolute Gasteiger partial charge is 0.332 e. The second kappa shape index (κ2) is 7.08. The molecule has 1 aliphatic heterocycles. The van der Waals surface area contributed by atoms with Crippen molar-refractivity contribution >= 4 is 12.0 Å². The van der Waals surface area contributed by atoms with Crippen LogP contribution in [0.5, 0.6) is 0 Å². The number of nitrogens with one attached hydrogen (secondary N) is 2. The predicted octanol–water partition coefficient (Wildman–Crippen LogP) is -0.733. The lowest BCUT2D eigenvalue weighted by Crippen LogP contribution is -2.40. The molecule has 98 valence electrons. The van der Waals surface area contributed by atoms with Crippen molar-refractivity contribution in [1.29, 1.82) is 0 Å². The number of urea groups is 1. The van der Waals surface area contributed by atoms with Gasteiger partial charge in [-0.25, -0.2) is 9.59 Å². The van der Waals surface area contributed by atoms with Gasteiger partial charge in [0.05, 0.1) is 6.10 Å². The van der Waals surface area contributed by atoms with Crippen LogP contribution < -0.4 is 16.4 Å². The van der Waals surface area contributed by atoms with E-state index in [2.05, 4.69) is 10.6 Å². The van der Waals surface area contributed by atoms with E-state index in [9.17, 15) is 9.59 Å². The van der Waals surface area contributed by atoms with Gasteiger partial charge in [0.15, 0.2) is 6.10 Å². The van der Waals surface area contributed by atoms with Gasteiger partial charge in [-0.1, -0.05) is 0 Å². The summed E-state index contributed by atoms with van der Waals surface area (Å²) >= 11 is 0. The van der Waals surface area contributed by atoms with Crippen LogP contribution in [0.25, 0.3) is 0 Å². The van der Waals surface area contributed by atoms with E-state index >= 15 is 0 Å². The molecular formula is C10H19N3O4. The summed E-state index contributed by atoms with van der Waals surface area (Å²) in [5.74, 6) is -0.945. The minimum absolute atomic E-state index is 0.212. The molecule has 0 bridgehead atoms. The first-order chi connectivity index (χ1) is 8.13. The highest BCUT2D eigenvalue weighted by atomic mass is 16.5. The number of hydrogen-bond donors (Lipinski definition) is 4. The van der Waals surface area contributed by atoms with Gasteiger partial charge in [-0.3, -0.25) is 0 Å². The Labute approximate surface area is 99.7 Å². The maximum absolute atomic E-state index is 11.3. The largest absolute Gasteiger partial charge is 0.479 e. The molecular weight excluding hydrogens is 226 g/mol. The van der Waals surface area contributed by atoms with Gasteiger partial charge in [0.1, 0.15) is 0 Å². The third kappa shape index (κ3) is 5.01. The third-order valence-electron chi connectivity index (χ3n) is 2.54. The standard InChI is InChI=1S/C10H19N3O4/c11-4-1-5-12-10(16)13-6-7-2-3-8(17-7)9(14)15/h7-8H,1-6,11H2,(H,14,15)(H2,12,13,16). The molecule has 1 fully saturated rings. The fourth-order valence-corrected chi connectivity index (χ4v) is 1.61.